The zero-order chi connectivity index (χ0) is 15.7. The Labute approximate surface area is 129 Å². The van der Waals surface area contributed by atoms with Gasteiger partial charge in [0.25, 0.3) is 0 Å². The van der Waals surface area contributed by atoms with E-state index in [1.807, 2.05) is 45.9 Å². The number of rotatable bonds is 4. The highest BCUT2D eigenvalue weighted by atomic mass is 16.5. The van der Waals surface area contributed by atoms with Crippen molar-refractivity contribution in [3.8, 4) is 5.75 Å². The van der Waals surface area contributed by atoms with Crippen molar-refractivity contribution in [2.45, 2.75) is 27.7 Å². The van der Waals surface area contributed by atoms with Gasteiger partial charge in [-0.2, -0.15) is 0 Å². The Kier molecular flexibility index (Phi) is 7.69. The Balaban J connectivity index is 0.00000106. The summed E-state index contributed by atoms with van der Waals surface area (Å²) >= 11 is 0. The molecule has 0 saturated carbocycles. The van der Waals surface area contributed by atoms with Gasteiger partial charge in [-0.05, 0) is 19.9 Å². The van der Waals surface area contributed by atoms with Crippen molar-refractivity contribution in [1.29, 1.82) is 0 Å². The van der Waals surface area contributed by atoms with Crippen LogP contribution in [0.4, 0.5) is 11.4 Å². The molecule has 1 fully saturated rings. The van der Waals surface area contributed by atoms with Crippen LogP contribution in [0, 0.1) is 0 Å². The monoisotopic (exact) mass is 291 g/mol. The molecular formula is C17H29N3O. The van der Waals surface area contributed by atoms with E-state index in [1.54, 1.807) is 0 Å². The van der Waals surface area contributed by atoms with Gasteiger partial charge in [-0.15, -0.1) is 0 Å². The second-order valence-corrected chi connectivity index (χ2v) is 4.62. The predicted octanol–water partition coefficient (Wildman–Crippen LogP) is 3.14. The van der Waals surface area contributed by atoms with Gasteiger partial charge in [-0.25, -0.2) is 0 Å². The highest BCUT2D eigenvalue weighted by Gasteiger charge is 2.16. The van der Waals surface area contributed by atoms with Gasteiger partial charge in [0.05, 0.1) is 18.0 Å². The van der Waals surface area contributed by atoms with Gasteiger partial charge in [0.2, 0.25) is 0 Å². The summed E-state index contributed by atoms with van der Waals surface area (Å²) in [6, 6.07) is 4.06. The number of hydrogen-bond donors (Lipinski definition) is 2. The van der Waals surface area contributed by atoms with Gasteiger partial charge in [-0.1, -0.05) is 26.0 Å². The molecule has 1 aromatic rings. The van der Waals surface area contributed by atoms with Gasteiger partial charge in [0.15, 0.2) is 0 Å². The average Bonchev–Trinajstić information content (AvgIpc) is 2.53. The minimum Gasteiger partial charge on any atom is -0.494 e. The summed E-state index contributed by atoms with van der Waals surface area (Å²) < 4.78 is 5.65. The normalized spacial score (nSPS) is 14.8. The number of allylic oxidation sites excluding steroid dienone is 1. The summed E-state index contributed by atoms with van der Waals surface area (Å²) in [5, 5.41) is 3.36. The van der Waals surface area contributed by atoms with Crippen LogP contribution in [0.3, 0.4) is 0 Å². The molecule has 0 spiro atoms. The third kappa shape index (κ3) is 4.67. The number of nitrogens with two attached hydrogens (primary N) is 1. The predicted molar refractivity (Wildman–Crippen MR) is 93.2 cm³/mol. The Bertz CT molecular complexity index is 452. The standard InChI is InChI=1S/C15H23N3O.C2H6/c1-3-5-12-10-13(19-4-2)11-14(15(12)16)18-8-6-17-7-9-18;1-2/h3,5,10-11,17H,4,6-9,16H2,1-2H3;1-2H3/b5-3-;. The first-order valence-electron chi connectivity index (χ1n) is 7.91. The number of nitrogens with one attached hydrogen (secondary N) is 1. The van der Waals surface area contributed by atoms with Crippen molar-refractivity contribution in [2.75, 3.05) is 43.4 Å². The fourth-order valence-corrected chi connectivity index (χ4v) is 2.37. The van der Waals surface area contributed by atoms with E-state index in [1.165, 1.54) is 0 Å². The van der Waals surface area contributed by atoms with Gasteiger partial charge < -0.3 is 20.7 Å². The number of anilines is 2. The molecule has 3 N–H and O–H groups in total. The van der Waals surface area contributed by atoms with E-state index in [-0.39, 0.29) is 0 Å². The molecular weight excluding hydrogens is 262 g/mol. The quantitative estimate of drug-likeness (QED) is 0.837. The molecule has 118 valence electrons. The van der Waals surface area contributed by atoms with Crippen LogP contribution in [0.25, 0.3) is 6.08 Å². The van der Waals surface area contributed by atoms with E-state index < -0.39 is 0 Å². The molecule has 2 rings (SSSR count). The van der Waals surface area contributed by atoms with E-state index in [9.17, 15) is 0 Å². The molecule has 1 aliphatic heterocycles. The summed E-state index contributed by atoms with van der Waals surface area (Å²) in [6.07, 6.45) is 4.03. The van der Waals surface area contributed by atoms with Gasteiger partial charge in [0.1, 0.15) is 5.75 Å². The average molecular weight is 291 g/mol. The van der Waals surface area contributed by atoms with E-state index in [4.69, 9.17) is 10.5 Å². The smallest absolute Gasteiger partial charge is 0.122 e. The highest BCUT2D eigenvalue weighted by Crippen LogP contribution is 2.33. The maximum absolute atomic E-state index is 6.30. The molecule has 1 heterocycles. The van der Waals surface area contributed by atoms with Crippen molar-refractivity contribution in [2.24, 2.45) is 0 Å². The van der Waals surface area contributed by atoms with Crippen LogP contribution in [-0.4, -0.2) is 32.8 Å². The molecule has 4 heteroatoms. The number of piperazine rings is 1. The SMILES string of the molecule is C/C=C\c1cc(OCC)cc(N2CCNCC2)c1N.CC. The van der Waals surface area contributed by atoms with Gasteiger partial charge >= 0.3 is 0 Å². The van der Waals surface area contributed by atoms with Crippen LogP contribution < -0.4 is 20.7 Å². The lowest BCUT2D eigenvalue weighted by Gasteiger charge is -2.31. The lowest BCUT2D eigenvalue weighted by molar-refractivity contribution is 0.340. The topological polar surface area (TPSA) is 50.5 Å². The second-order valence-electron chi connectivity index (χ2n) is 4.62. The Morgan fingerprint density at radius 3 is 2.52 bits per heavy atom. The first-order chi connectivity index (χ1) is 10.3. The second kappa shape index (κ2) is 9.29. The summed E-state index contributed by atoms with van der Waals surface area (Å²) in [7, 11) is 0. The molecule has 0 amide bonds. The minimum atomic E-state index is 0.667. The number of nitrogen functional groups attached to an aromatic ring is 1. The zero-order valence-corrected chi connectivity index (χ0v) is 13.8. The van der Waals surface area contributed by atoms with E-state index in [0.717, 1.165) is 48.9 Å². The summed E-state index contributed by atoms with van der Waals surface area (Å²) in [6.45, 7) is 12.6. The van der Waals surface area contributed by atoms with Crippen molar-refractivity contribution >= 4 is 17.5 Å². The molecule has 1 aromatic carbocycles. The van der Waals surface area contributed by atoms with Crippen LogP contribution in [0.15, 0.2) is 18.2 Å². The van der Waals surface area contributed by atoms with Gasteiger partial charge in [-0.3, -0.25) is 0 Å². The van der Waals surface area contributed by atoms with Crippen molar-refractivity contribution in [3.05, 3.63) is 23.8 Å². The summed E-state index contributed by atoms with van der Waals surface area (Å²) in [5.74, 6) is 0.887. The Morgan fingerprint density at radius 1 is 1.29 bits per heavy atom. The van der Waals surface area contributed by atoms with Crippen molar-refractivity contribution in [3.63, 3.8) is 0 Å². The number of ether oxygens (including phenoxy) is 1. The molecule has 0 radical (unpaired) electrons. The maximum atomic E-state index is 6.30. The molecule has 1 saturated heterocycles. The zero-order valence-electron chi connectivity index (χ0n) is 13.8. The van der Waals surface area contributed by atoms with E-state index >= 15 is 0 Å². The van der Waals surface area contributed by atoms with Crippen LogP contribution in [-0.2, 0) is 0 Å². The molecule has 4 nitrogen and oxygen atoms in total. The maximum Gasteiger partial charge on any atom is 0.122 e. The van der Waals surface area contributed by atoms with Crippen LogP contribution in [0.1, 0.15) is 33.3 Å². The van der Waals surface area contributed by atoms with Crippen LogP contribution in [0.5, 0.6) is 5.75 Å². The van der Waals surface area contributed by atoms with Crippen molar-refractivity contribution < 1.29 is 4.74 Å². The summed E-state index contributed by atoms with van der Waals surface area (Å²) in [4.78, 5) is 2.32. The van der Waals surface area contributed by atoms with Gasteiger partial charge in [0, 0.05) is 37.8 Å². The lowest BCUT2D eigenvalue weighted by Crippen LogP contribution is -2.43. The van der Waals surface area contributed by atoms with Crippen LogP contribution >= 0.6 is 0 Å². The first kappa shape index (κ1) is 17.4. The number of hydrogen-bond acceptors (Lipinski definition) is 4. The fourth-order valence-electron chi connectivity index (χ4n) is 2.37. The molecule has 21 heavy (non-hydrogen) atoms. The molecule has 0 unspecified atom stereocenters. The minimum absolute atomic E-state index is 0.667. The van der Waals surface area contributed by atoms with Crippen molar-refractivity contribution in [1.82, 2.24) is 5.32 Å². The molecule has 0 aromatic heterocycles. The largest absolute Gasteiger partial charge is 0.494 e. The molecule has 1 aliphatic rings. The summed E-state index contributed by atoms with van der Waals surface area (Å²) in [5.41, 5.74) is 9.25. The number of benzene rings is 1. The lowest BCUT2D eigenvalue weighted by atomic mass is 10.1. The third-order valence-electron chi connectivity index (χ3n) is 3.28. The molecule has 0 aliphatic carbocycles. The number of nitrogens with zero attached hydrogens (tertiary/aromatic N) is 1. The van der Waals surface area contributed by atoms with Crippen LogP contribution in [0.2, 0.25) is 0 Å². The Morgan fingerprint density at radius 2 is 1.95 bits per heavy atom. The third-order valence-corrected chi connectivity index (χ3v) is 3.28. The first-order valence-corrected chi connectivity index (χ1v) is 7.91. The Hall–Kier alpha value is -1.68. The molecule has 0 atom stereocenters. The van der Waals surface area contributed by atoms with E-state index in [0.29, 0.717) is 6.61 Å². The van der Waals surface area contributed by atoms with E-state index in [2.05, 4.69) is 16.3 Å². The highest BCUT2D eigenvalue weighted by molar-refractivity contribution is 5.80. The fraction of sp³-hybridized carbons (Fsp3) is 0.529. The molecule has 0 bridgehead atoms.